The van der Waals surface area contributed by atoms with Crippen LogP contribution in [0.25, 0.3) is 11.3 Å². The smallest absolute Gasteiger partial charge is 0.159 e. The number of hydrogen-bond donors (Lipinski definition) is 0. The zero-order valence-electron chi connectivity index (χ0n) is 10.0. The van der Waals surface area contributed by atoms with Crippen molar-refractivity contribution in [3.05, 3.63) is 47.1 Å². The van der Waals surface area contributed by atoms with Crippen LogP contribution in [0.3, 0.4) is 0 Å². The number of halogens is 2. The normalized spacial score (nSPS) is 12.4. The highest BCUT2D eigenvalue weighted by atomic mass is 35.5. The van der Waals surface area contributed by atoms with Gasteiger partial charge in [-0.1, -0.05) is 23.7 Å². The number of rotatable bonds is 3. The molecular formula is C13H12ClFN2O. The van der Waals surface area contributed by atoms with Gasteiger partial charge in [-0.15, -0.1) is 0 Å². The van der Waals surface area contributed by atoms with Gasteiger partial charge in [0.05, 0.1) is 5.69 Å². The molecule has 0 fully saturated rings. The first kappa shape index (κ1) is 12.9. The average Bonchev–Trinajstić information content (AvgIpc) is 2.37. The molecule has 1 aromatic heterocycles. The molecule has 0 N–H and O–H groups in total. The van der Waals surface area contributed by atoms with E-state index in [-0.39, 0.29) is 17.1 Å². The molecule has 0 aliphatic rings. The molecule has 2 rings (SSSR count). The van der Waals surface area contributed by atoms with Gasteiger partial charge in [0.2, 0.25) is 0 Å². The summed E-state index contributed by atoms with van der Waals surface area (Å²) in [7, 11) is 1.55. The first-order valence-electron chi connectivity index (χ1n) is 5.44. The number of nitrogens with zero attached hydrogens (tertiary/aromatic N) is 2. The lowest BCUT2D eigenvalue weighted by Crippen LogP contribution is -2.04. The largest absolute Gasteiger partial charge is 0.374 e. The van der Waals surface area contributed by atoms with E-state index < -0.39 is 0 Å². The zero-order chi connectivity index (χ0) is 13.1. The molecule has 5 heteroatoms. The Morgan fingerprint density at radius 3 is 2.67 bits per heavy atom. The third-order valence-electron chi connectivity index (χ3n) is 2.58. The molecule has 0 bridgehead atoms. The van der Waals surface area contributed by atoms with Crippen molar-refractivity contribution in [3.63, 3.8) is 0 Å². The van der Waals surface area contributed by atoms with Gasteiger partial charge in [-0.05, 0) is 19.1 Å². The molecule has 18 heavy (non-hydrogen) atoms. The third-order valence-corrected chi connectivity index (χ3v) is 2.77. The Kier molecular flexibility index (Phi) is 3.89. The van der Waals surface area contributed by atoms with Crippen LogP contribution >= 0.6 is 11.6 Å². The SMILES string of the molecule is COC(C)c1nc(Cl)cc(-c2ccccc2F)n1. The predicted molar refractivity (Wildman–Crippen MR) is 67.9 cm³/mol. The fourth-order valence-corrected chi connectivity index (χ4v) is 1.72. The number of benzene rings is 1. The summed E-state index contributed by atoms with van der Waals surface area (Å²) in [6, 6.07) is 7.93. The van der Waals surface area contributed by atoms with Crippen molar-refractivity contribution in [1.82, 2.24) is 9.97 Å². The van der Waals surface area contributed by atoms with Gasteiger partial charge in [-0.25, -0.2) is 14.4 Å². The number of hydrogen-bond acceptors (Lipinski definition) is 3. The summed E-state index contributed by atoms with van der Waals surface area (Å²) in [5.74, 6) is 0.0894. The summed E-state index contributed by atoms with van der Waals surface area (Å²) < 4.78 is 18.8. The number of aromatic nitrogens is 2. The van der Waals surface area contributed by atoms with Crippen molar-refractivity contribution >= 4 is 11.6 Å². The summed E-state index contributed by atoms with van der Waals surface area (Å²) in [5.41, 5.74) is 0.846. The second kappa shape index (κ2) is 5.42. The fraction of sp³-hybridized carbons (Fsp3) is 0.231. The molecule has 0 saturated carbocycles. The Hall–Kier alpha value is -1.52. The van der Waals surface area contributed by atoms with Crippen molar-refractivity contribution < 1.29 is 9.13 Å². The lowest BCUT2D eigenvalue weighted by atomic mass is 10.1. The monoisotopic (exact) mass is 266 g/mol. The maximum absolute atomic E-state index is 13.7. The quantitative estimate of drug-likeness (QED) is 0.796. The van der Waals surface area contributed by atoms with Crippen molar-refractivity contribution in [2.24, 2.45) is 0 Å². The highest BCUT2D eigenvalue weighted by Crippen LogP contribution is 2.24. The molecule has 0 amide bonds. The molecule has 0 radical (unpaired) electrons. The van der Waals surface area contributed by atoms with Crippen molar-refractivity contribution in [2.45, 2.75) is 13.0 Å². The van der Waals surface area contributed by atoms with Crippen molar-refractivity contribution in [2.75, 3.05) is 7.11 Å². The van der Waals surface area contributed by atoms with Gasteiger partial charge in [0.15, 0.2) is 5.82 Å². The van der Waals surface area contributed by atoms with Crippen LogP contribution in [0.5, 0.6) is 0 Å². The second-order valence-corrected chi connectivity index (χ2v) is 4.18. The molecule has 94 valence electrons. The molecule has 1 aromatic carbocycles. The Morgan fingerprint density at radius 2 is 2.00 bits per heavy atom. The highest BCUT2D eigenvalue weighted by Gasteiger charge is 2.13. The highest BCUT2D eigenvalue weighted by molar-refractivity contribution is 6.29. The van der Waals surface area contributed by atoms with Crippen LogP contribution in [0.15, 0.2) is 30.3 Å². The minimum Gasteiger partial charge on any atom is -0.374 e. The van der Waals surface area contributed by atoms with Gasteiger partial charge in [0, 0.05) is 18.7 Å². The molecule has 0 aliphatic heterocycles. The topological polar surface area (TPSA) is 35.0 Å². The fourth-order valence-electron chi connectivity index (χ4n) is 1.53. The molecule has 0 saturated heterocycles. The summed E-state index contributed by atoms with van der Waals surface area (Å²) in [4.78, 5) is 8.34. The Balaban J connectivity index is 2.52. The van der Waals surface area contributed by atoms with Crippen molar-refractivity contribution in [1.29, 1.82) is 0 Å². The molecule has 2 aromatic rings. The molecule has 3 nitrogen and oxygen atoms in total. The van der Waals surface area contributed by atoms with Gasteiger partial charge in [0.25, 0.3) is 0 Å². The number of ether oxygens (including phenoxy) is 1. The van der Waals surface area contributed by atoms with E-state index in [1.807, 2.05) is 0 Å². The maximum Gasteiger partial charge on any atom is 0.159 e. The molecular weight excluding hydrogens is 255 g/mol. The lowest BCUT2D eigenvalue weighted by molar-refractivity contribution is 0.112. The molecule has 1 unspecified atom stereocenters. The van der Waals surface area contributed by atoms with Crippen LogP contribution in [0, 0.1) is 5.82 Å². The van der Waals surface area contributed by atoms with Crippen molar-refractivity contribution in [3.8, 4) is 11.3 Å². The molecule has 0 spiro atoms. The van der Waals surface area contributed by atoms with Crippen LogP contribution < -0.4 is 0 Å². The van der Waals surface area contributed by atoms with Gasteiger partial charge in [-0.3, -0.25) is 0 Å². The Morgan fingerprint density at radius 1 is 1.28 bits per heavy atom. The Bertz CT molecular complexity index is 562. The van der Waals surface area contributed by atoms with E-state index in [2.05, 4.69) is 9.97 Å². The molecule has 1 atom stereocenters. The standard InChI is InChI=1S/C13H12ClFN2O/c1-8(18-2)13-16-11(7-12(14)17-13)9-5-3-4-6-10(9)15/h3-8H,1-2H3. The predicted octanol–water partition coefficient (Wildman–Crippen LogP) is 3.64. The van der Waals surface area contributed by atoms with Gasteiger partial charge in [0.1, 0.15) is 17.1 Å². The van der Waals surface area contributed by atoms with E-state index in [1.54, 1.807) is 32.2 Å². The van der Waals surface area contributed by atoms with Gasteiger partial charge >= 0.3 is 0 Å². The summed E-state index contributed by atoms with van der Waals surface area (Å²) in [6.45, 7) is 1.80. The zero-order valence-corrected chi connectivity index (χ0v) is 10.8. The second-order valence-electron chi connectivity index (χ2n) is 3.79. The molecule has 1 heterocycles. The molecule has 0 aliphatic carbocycles. The van der Waals surface area contributed by atoms with E-state index in [9.17, 15) is 4.39 Å². The lowest BCUT2D eigenvalue weighted by Gasteiger charge is -2.10. The van der Waals surface area contributed by atoms with Crippen LogP contribution in [-0.4, -0.2) is 17.1 Å². The minimum absolute atomic E-state index is 0.266. The van der Waals surface area contributed by atoms with E-state index in [0.717, 1.165) is 0 Å². The maximum atomic E-state index is 13.7. The van der Waals surface area contributed by atoms with E-state index in [0.29, 0.717) is 17.1 Å². The minimum atomic E-state index is -0.344. The summed E-state index contributed by atoms with van der Waals surface area (Å²) in [5, 5.41) is 0.266. The Labute approximate surface area is 110 Å². The van der Waals surface area contributed by atoms with E-state index in [4.69, 9.17) is 16.3 Å². The van der Waals surface area contributed by atoms with Crippen LogP contribution in [-0.2, 0) is 4.74 Å². The van der Waals surface area contributed by atoms with Gasteiger partial charge in [-0.2, -0.15) is 0 Å². The van der Waals surface area contributed by atoms with Crippen LogP contribution in [0.4, 0.5) is 4.39 Å². The van der Waals surface area contributed by atoms with Gasteiger partial charge < -0.3 is 4.74 Å². The average molecular weight is 267 g/mol. The number of methoxy groups -OCH3 is 1. The first-order valence-corrected chi connectivity index (χ1v) is 5.82. The van der Waals surface area contributed by atoms with E-state index >= 15 is 0 Å². The first-order chi connectivity index (χ1) is 8.61. The van der Waals surface area contributed by atoms with Crippen LogP contribution in [0.1, 0.15) is 18.9 Å². The third kappa shape index (κ3) is 2.66. The van der Waals surface area contributed by atoms with E-state index in [1.165, 1.54) is 12.1 Å². The van der Waals surface area contributed by atoms with Crippen LogP contribution in [0.2, 0.25) is 5.15 Å². The summed E-state index contributed by atoms with van der Waals surface area (Å²) in [6.07, 6.45) is -0.297. The summed E-state index contributed by atoms with van der Waals surface area (Å²) >= 11 is 5.92.